The molecule has 164 valence electrons. The van der Waals surface area contributed by atoms with Gasteiger partial charge in [0, 0.05) is 0 Å². The summed E-state index contributed by atoms with van der Waals surface area (Å²) in [6, 6.07) is 2.97. The molecule has 0 saturated carbocycles. The van der Waals surface area contributed by atoms with Crippen molar-refractivity contribution in [2.45, 2.75) is 98.3 Å². The molecule has 0 heterocycles. The predicted octanol–water partition coefficient (Wildman–Crippen LogP) is 6.99. The Morgan fingerprint density at radius 3 is 1.93 bits per heavy atom. The number of aromatic carboxylic acids is 2. The minimum atomic E-state index is -0.959. The van der Waals surface area contributed by atoms with Gasteiger partial charge in [-0.1, -0.05) is 79.1 Å². The second-order valence-electron chi connectivity index (χ2n) is 8.70. The van der Waals surface area contributed by atoms with Crippen molar-refractivity contribution in [3.8, 4) is 0 Å². The molecule has 0 radical (unpaired) electrons. The summed E-state index contributed by atoms with van der Waals surface area (Å²) in [6.07, 6.45) is 11.1. The van der Waals surface area contributed by atoms with Crippen molar-refractivity contribution in [1.82, 2.24) is 0 Å². The van der Waals surface area contributed by atoms with Crippen LogP contribution in [0.4, 0.5) is 0 Å². The number of carboxylic acids is 2. The topological polar surface area (TPSA) is 74.6 Å². The first-order chi connectivity index (χ1) is 13.8. The summed E-state index contributed by atoms with van der Waals surface area (Å²) >= 11 is 0. The maximum absolute atomic E-state index is 11.9. The van der Waals surface area contributed by atoms with Gasteiger partial charge in [-0.05, 0) is 54.4 Å². The standard InChI is InChI=1S/C25H40O4/c1-5-7-13-19(6-2)17-23-20(14-11-9-8-10-12-18(3)4)21(24(26)27)15-16-22(23)25(28)29/h15-16,18-19H,5-14,17H2,1-4H3,(H,26,27)(H,28,29). The van der Waals surface area contributed by atoms with Gasteiger partial charge in [0.05, 0.1) is 11.1 Å². The van der Waals surface area contributed by atoms with Gasteiger partial charge in [0.2, 0.25) is 0 Å². The molecule has 4 heteroatoms. The molecule has 0 aliphatic rings. The number of hydrogen-bond acceptors (Lipinski definition) is 2. The van der Waals surface area contributed by atoms with Crippen LogP contribution in [0.3, 0.4) is 0 Å². The molecule has 0 bridgehead atoms. The zero-order valence-electron chi connectivity index (χ0n) is 18.8. The van der Waals surface area contributed by atoms with Crippen molar-refractivity contribution in [1.29, 1.82) is 0 Å². The third-order valence-electron chi connectivity index (χ3n) is 5.89. The van der Waals surface area contributed by atoms with Crippen LogP contribution in [0.2, 0.25) is 0 Å². The number of rotatable bonds is 15. The van der Waals surface area contributed by atoms with Crippen molar-refractivity contribution >= 4 is 11.9 Å². The first-order valence-corrected chi connectivity index (χ1v) is 11.4. The highest BCUT2D eigenvalue weighted by Crippen LogP contribution is 2.28. The average Bonchev–Trinajstić information content (AvgIpc) is 2.67. The van der Waals surface area contributed by atoms with Crippen LogP contribution in [-0.2, 0) is 12.8 Å². The van der Waals surface area contributed by atoms with Crippen LogP contribution >= 0.6 is 0 Å². The normalized spacial score (nSPS) is 12.3. The lowest BCUT2D eigenvalue weighted by Crippen LogP contribution is -2.15. The molecule has 0 spiro atoms. The van der Waals surface area contributed by atoms with Crippen molar-refractivity contribution in [2.75, 3.05) is 0 Å². The predicted molar refractivity (Wildman–Crippen MR) is 119 cm³/mol. The van der Waals surface area contributed by atoms with Crippen molar-refractivity contribution < 1.29 is 19.8 Å². The first kappa shape index (κ1) is 25.2. The Labute approximate surface area is 176 Å². The van der Waals surface area contributed by atoms with E-state index in [-0.39, 0.29) is 11.1 Å². The fourth-order valence-electron chi connectivity index (χ4n) is 4.05. The summed E-state index contributed by atoms with van der Waals surface area (Å²) in [5, 5.41) is 19.4. The fraction of sp³-hybridized carbons (Fsp3) is 0.680. The second kappa shape index (κ2) is 13.4. The van der Waals surface area contributed by atoms with Gasteiger partial charge in [-0.3, -0.25) is 0 Å². The van der Waals surface area contributed by atoms with E-state index >= 15 is 0 Å². The van der Waals surface area contributed by atoms with E-state index in [1.54, 1.807) is 0 Å². The first-order valence-electron chi connectivity index (χ1n) is 11.4. The molecule has 1 atom stereocenters. The van der Waals surface area contributed by atoms with Crippen LogP contribution in [0.5, 0.6) is 0 Å². The van der Waals surface area contributed by atoms with Crippen LogP contribution in [0.15, 0.2) is 12.1 Å². The van der Waals surface area contributed by atoms with Crippen molar-refractivity contribution in [3.05, 3.63) is 34.4 Å². The molecule has 4 nitrogen and oxygen atoms in total. The minimum absolute atomic E-state index is 0.275. The molecular weight excluding hydrogens is 364 g/mol. The number of carboxylic acid groups (broad SMARTS) is 2. The van der Waals surface area contributed by atoms with Gasteiger partial charge < -0.3 is 10.2 Å². The summed E-state index contributed by atoms with van der Waals surface area (Å²) in [5.41, 5.74) is 2.05. The maximum Gasteiger partial charge on any atom is 0.335 e. The molecule has 1 rings (SSSR count). The third kappa shape index (κ3) is 8.59. The largest absolute Gasteiger partial charge is 0.478 e. The van der Waals surface area contributed by atoms with E-state index in [0.29, 0.717) is 24.7 Å². The highest BCUT2D eigenvalue weighted by Gasteiger charge is 2.22. The van der Waals surface area contributed by atoms with E-state index in [1.807, 2.05) is 0 Å². The molecule has 1 unspecified atom stereocenters. The molecule has 0 aromatic heterocycles. The fourth-order valence-corrected chi connectivity index (χ4v) is 4.05. The number of hydrogen-bond donors (Lipinski definition) is 2. The van der Waals surface area contributed by atoms with Crippen LogP contribution in [0, 0.1) is 11.8 Å². The lowest BCUT2D eigenvalue weighted by atomic mass is 9.84. The number of benzene rings is 1. The van der Waals surface area contributed by atoms with E-state index in [9.17, 15) is 19.8 Å². The Kier molecular flexibility index (Phi) is 11.6. The Balaban J connectivity index is 3.08. The highest BCUT2D eigenvalue weighted by atomic mass is 16.4. The Bertz CT molecular complexity index is 648. The Morgan fingerprint density at radius 2 is 1.41 bits per heavy atom. The lowest BCUT2D eigenvalue weighted by molar-refractivity contribution is 0.0678. The molecule has 0 amide bonds. The summed E-state index contributed by atoms with van der Waals surface area (Å²) in [7, 11) is 0. The van der Waals surface area contributed by atoms with Gasteiger partial charge in [0.1, 0.15) is 0 Å². The van der Waals surface area contributed by atoms with Crippen LogP contribution in [0.25, 0.3) is 0 Å². The van der Waals surface area contributed by atoms with Crippen LogP contribution < -0.4 is 0 Å². The van der Waals surface area contributed by atoms with Gasteiger partial charge in [0.25, 0.3) is 0 Å². The monoisotopic (exact) mass is 404 g/mol. The summed E-state index contributed by atoms with van der Waals surface area (Å²) in [4.78, 5) is 23.7. The van der Waals surface area contributed by atoms with Gasteiger partial charge in [0.15, 0.2) is 0 Å². The molecule has 1 aromatic rings. The smallest absolute Gasteiger partial charge is 0.335 e. The van der Waals surface area contributed by atoms with E-state index < -0.39 is 11.9 Å². The lowest BCUT2D eigenvalue weighted by Gasteiger charge is -2.21. The molecule has 2 N–H and O–H groups in total. The van der Waals surface area contributed by atoms with Crippen LogP contribution in [-0.4, -0.2) is 22.2 Å². The van der Waals surface area contributed by atoms with Gasteiger partial charge in [-0.25, -0.2) is 9.59 Å². The molecule has 1 aromatic carbocycles. The molecule has 0 aliphatic heterocycles. The Morgan fingerprint density at radius 1 is 0.828 bits per heavy atom. The Hall–Kier alpha value is -1.84. The maximum atomic E-state index is 11.9. The van der Waals surface area contributed by atoms with E-state index in [1.165, 1.54) is 25.0 Å². The van der Waals surface area contributed by atoms with E-state index in [0.717, 1.165) is 56.1 Å². The number of unbranched alkanes of at least 4 members (excludes halogenated alkanes) is 4. The summed E-state index contributed by atoms with van der Waals surface area (Å²) in [6.45, 7) is 8.75. The third-order valence-corrected chi connectivity index (χ3v) is 5.89. The van der Waals surface area contributed by atoms with Crippen molar-refractivity contribution in [3.63, 3.8) is 0 Å². The number of carbonyl (C=O) groups is 2. The zero-order chi connectivity index (χ0) is 21.8. The van der Waals surface area contributed by atoms with E-state index in [2.05, 4.69) is 27.7 Å². The van der Waals surface area contributed by atoms with Gasteiger partial charge >= 0.3 is 11.9 Å². The molecule has 0 aliphatic carbocycles. The molecule has 0 saturated heterocycles. The molecule has 29 heavy (non-hydrogen) atoms. The summed E-state index contributed by atoms with van der Waals surface area (Å²) in [5.74, 6) is -0.816. The SMILES string of the molecule is CCCCC(CC)Cc1c(C(=O)O)ccc(C(=O)O)c1CCCCCCC(C)C. The average molecular weight is 405 g/mol. The van der Waals surface area contributed by atoms with Crippen LogP contribution in [0.1, 0.15) is 117 Å². The molecule has 0 fully saturated rings. The second-order valence-corrected chi connectivity index (χ2v) is 8.70. The van der Waals surface area contributed by atoms with Gasteiger partial charge in [-0.15, -0.1) is 0 Å². The minimum Gasteiger partial charge on any atom is -0.478 e. The zero-order valence-corrected chi connectivity index (χ0v) is 18.8. The quantitative estimate of drug-likeness (QED) is 0.309. The molecular formula is C25H40O4. The van der Waals surface area contributed by atoms with E-state index in [4.69, 9.17) is 0 Å². The highest BCUT2D eigenvalue weighted by molar-refractivity contribution is 5.95. The van der Waals surface area contributed by atoms with Crippen molar-refractivity contribution in [2.24, 2.45) is 11.8 Å². The summed E-state index contributed by atoms with van der Waals surface area (Å²) < 4.78 is 0. The van der Waals surface area contributed by atoms with Gasteiger partial charge in [-0.2, -0.15) is 0 Å².